The standard InChI is InChI=1S/C12H15ClN2O2/c1-2-17-7-3-6-15-11-5-4-9(13)8-10(11)14-12(15)16/h4-5,8H,2-3,6-7H2,1H3,(H,14,16). The number of hydrogen-bond donors (Lipinski definition) is 1. The molecule has 0 saturated carbocycles. The topological polar surface area (TPSA) is 47.0 Å². The fourth-order valence-electron chi connectivity index (χ4n) is 1.83. The van der Waals surface area contributed by atoms with Crippen LogP contribution >= 0.6 is 11.6 Å². The summed E-state index contributed by atoms with van der Waals surface area (Å²) in [5, 5.41) is 0.625. The SMILES string of the molecule is CCOCCCn1c(=O)[nH]c2cc(Cl)ccc21. The normalized spacial score (nSPS) is 11.2. The lowest BCUT2D eigenvalue weighted by Gasteiger charge is -2.03. The maximum atomic E-state index is 11.7. The second kappa shape index (κ2) is 5.38. The lowest BCUT2D eigenvalue weighted by atomic mass is 10.3. The van der Waals surface area contributed by atoms with Crippen molar-refractivity contribution < 1.29 is 4.74 Å². The number of hydrogen-bond acceptors (Lipinski definition) is 2. The third-order valence-corrected chi connectivity index (χ3v) is 2.85. The summed E-state index contributed by atoms with van der Waals surface area (Å²) in [6.45, 7) is 3.99. The minimum absolute atomic E-state index is 0.0984. The molecule has 2 aromatic rings. The second-order valence-corrected chi connectivity index (χ2v) is 4.23. The van der Waals surface area contributed by atoms with Gasteiger partial charge in [0.2, 0.25) is 0 Å². The molecule has 1 N–H and O–H groups in total. The number of fused-ring (bicyclic) bond motifs is 1. The summed E-state index contributed by atoms with van der Waals surface area (Å²) in [6.07, 6.45) is 0.823. The van der Waals surface area contributed by atoms with E-state index < -0.39 is 0 Å². The molecule has 0 radical (unpaired) electrons. The Morgan fingerprint density at radius 3 is 3.06 bits per heavy atom. The maximum absolute atomic E-state index is 11.7. The van der Waals surface area contributed by atoms with Crippen LogP contribution in [0.2, 0.25) is 5.02 Å². The van der Waals surface area contributed by atoms with E-state index in [4.69, 9.17) is 16.3 Å². The zero-order valence-electron chi connectivity index (χ0n) is 9.70. The summed E-state index contributed by atoms with van der Waals surface area (Å²) in [5.74, 6) is 0. The Morgan fingerprint density at radius 1 is 1.47 bits per heavy atom. The largest absolute Gasteiger partial charge is 0.382 e. The lowest BCUT2D eigenvalue weighted by molar-refractivity contribution is 0.141. The van der Waals surface area contributed by atoms with Gasteiger partial charge in [-0.25, -0.2) is 4.79 Å². The van der Waals surface area contributed by atoms with Gasteiger partial charge in [0.25, 0.3) is 0 Å². The number of halogens is 1. The number of nitrogens with one attached hydrogen (secondary N) is 1. The molecule has 0 aliphatic heterocycles. The third-order valence-electron chi connectivity index (χ3n) is 2.61. The van der Waals surface area contributed by atoms with Crippen molar-refractivity contribution in [2.24, 2.45) is 0 Å². The number of imidazole rings is 1. The van der Waals surface area contributed by atoms with Crippen LogP contribution in [0.1, 0.15) is 13.3 Å². The Morgan fingerprint density at radius 2 is 2.29 bits per heavy atom. The minimum Gasteiger partial charge on any atom is -0.382 e. The van der Waals surface area contributed by atoms with Crippen LogP contribution in [-0.2, 0) is 11.3 Å². The van der Waals surface area contributed by atoms with E-state index in [0.29, 0.717) is 24.8 Å². The molecule has 5 heteroatoms. The molecule has 0 saturated heterocycles. The first-order valence-corrected chi connectivity index (χ1v) is 6.06. The van der Waals surface area contributed by atoms with Crippen molar-refractivity contribution in [1.29, 1.82) is 0 Å². The summed E-state index contributed by atoms with van der Waals surface area (Å²) in [7, 11) is 0. The number of H-pyrrole nitrogens is 1. The molecule has 0 fully saturated rings. The molecule has 92 valence electrons. The molecular weight excluding hydrogens is 240 g/mol. The highest BCUT2D eigenvalue weighted by atomic mass is 35.5. The van der Waals surface area contributed by atoms with Crippen LogP contribution in [0.3, 0.4) is 0 Å². The van der Waals surface area contributed by atoms with Crippen molar-refractivity contribution in [3.63, 3.8) is 0 Å². The van der Waals surface area contributed by atoms with Crippen molar-refractivity contribution in [1.82, 2.24) is 9.55 Å². The Hall–Kier alpha value is -1.26. The molecule has 4 nitrogen and oxygen atoms in total. The number of aromatic amines is 1. The molecule has 0 atom stereocenters. The van der Waals surface area contributed by atoms with Gasteiger partial charge in [0.1, 0.15) is 0 Å². The number of rotatable bonds is 5. The number of aromatic nitrogens is 2. The van der Waals surface area contributed by atoms with Crippen LogP contribution in [0, 0.1) is 0 Å². The zero-order valence-corrected chi connectivity index (χ0v) is 10.5. The summed E-state index contributed by atoms with van der Waals surface area (Å²) >= 11 is 5.87. The van der Waals surface area contributed by atoms with E-state index in [-0.39, 0.29) is 5.69 Å². The quantitative estimate of drug-likeness (QED) is 0.833. The number of aryl methyl sites for hydroxylation is 1. The van der Waals surface area contributed by atoms with Crippen molar-refractivity contribution in [3.05, 3.63) is 33.7 Å². The zero-order chi connectivity index (χ0) is 12.3. The highest BCUT2D eigenvalue weighted by molar-refractivity contribution is 6.31. The lowest BCUT2D eigenvalue weighted by Crippen LogP contribution is -2.17. The molecule has 0 aliphatic rings. The van der Waals surface area contributed by atoms with E-state index in [2.05, 4.69) is 4.98 Å². The van der Waals surface area contributed by atoms with E-state index in [1.807, 2.05) is 13.0 Å². The average Bonchev–Trinajstić information content (AvgIpc) is 2.60. The molecule has 17 heavy (non-hydrogen) atoms. The summed E-state index contributed by atoms with van der Waals surface area (Å²) in [6, 6.07) is 5.41. The summed E-state index contributed by atoms with van der Waals surface area (Å²) in [5.41, 5.74) is 1.56. The van der Waals surface area contributed by atoms with Crippen LogP contribution in [-0.4, -0.2) is 22.8 Å². The molecule has 0 unspecified atom stereocenters. The first-order chi connectivity index (χ1) is 8.22. The fourth-order valence-corrected chi connectivity index (χ4v) is 2.00. The third kappa shape index (κ3) is 2.70. The molecule has 1 aromatic carbocycles. The van der Waals surface area contributed by atoms with Crippen LogP contribution < -0.4 is 5.69 Å². The van der Waals surface area contributed by atoms with Crippen molar-refractivity contribution in [2.75, 3.05) is 13.2 Å². The van der Waals surface area contributed by atoms with Gasteiger partial charge in [-0.3, -0.25) is 4.57 Å². The van der Waals surface area contributed by atoms with Crippen molar-refractivity contribution >= 4 is 22.6 Å². The van der Waals surface area contributed by atoms with Gasteiger partial charge < -0.3 is 9.72 Å². The van der Waals surface area contributed by atoms with Crippen LogP contribution in [0.15, 0.2) is 23.0 Å². The first kappa shape index (κ1) is 12.2. The molecular formula is C12H15ClN2O2. The van der Waals surface area contributed by atoms with Gasteiger partial charge in [0.15, 0.2) is 0 Å². The highest BCUT2D eigenvalue weighted by Gasteiger charge is 2.06. The Kier molecular flexibility index (Phi) is 3.86. The van der Waals surface area contributed by atoms with E-state index >= 15 is 0 Å². The molecule has 1 heterocycles. The van der Waals surface area contributed by atoms with Gasteiger partial charge in [-0.1, -0.05) is 11.6 Å². The average molecular weight is 255 g/mol. The van der Waals surface area contributed by atoms with Gasteiger partial charge >= 0.3 is 5.69 Å². The van der Waals surface area contributed by atoms with Crippen molar-refractivity contribution in [3.8, 4) is 0 Å². The van der Waals surface area contributed by atoms with E-state index in [1.54, 1.807) is 16.7 Å². The minimum atomic E-state index is -0.0984. The first-order valence-electron chi connectivity index (χ1n) is 5.68. The van der Waals surface area contributed by atoms with Crippen LogP contribution in [0.4, 0.5) is 0 Å². The second-order valence-electron chi connectivity index (χ2n) is 3.79. The summed E-state index contributed by atoms with van der Waals surface area (Å²) < 4.78 is 6.97. The van der Waals surface area contributed by atoms with E-state index in [1.165, 1.54) is 0 Å². The number of nitrogens with zero attached hydrogens (tertiary/aromatic N) is 1. The number of benzene rings is 1. The Bertz CT molecular complexity index is 559. The predicted octanol–water partition coefficient (Wildman–Crippen LogP) is 2.41. The van der Waals surface area contributed by atoms with Gasteiger partial charge in [0, 0.05) is 24.8 Å². The monoisotopic (exact) mass is 254 g/mol. The van der Waals surface area contributed by atoms with Crippen LogP contribution in [0.25, 0.3) is 11.0 Å². The van der Waals surface area contributed by atoms with Gasteiger partial charge in [0.05, 0.1) is 11.0 Å². The van der Waals surface area contributed by atoms with Gasteiger partial charge in [-0.05, 0) is 31.5 Å². The summed E-state index contributed by atoms with van der Waals surface area (Å²) in [4.78, 5) is 14.5. The van der Waals surface area contributed by atoms with Gasteiger partial charge in [-0.15, -0.1) is 0 Å². The van der Waals surface area contributed by atoms with E-state index in [0.717, 1.165) is 17.5 Å². The molecule has 1 aromatic heterocycles. The number of ether oxygens (including phenoxy) is 1. The molecule has 0 bridgehead atoms. The fraction of sp³-hybridized carbons (Fsp3) is 0.417. The molecule has 0 aliphatic carbocycles. The maximum Gasteiger partial charge on any atom is 0.326 e. The molecule has 2 rings (SSSR count). The predicted molar refractivity (Wildman–Crippen MR) is 68.7 cm³/mol. The molecule has 0 spiro atoms. The Balaban J connectivity index is 2.21. The van der Waals surface area contributed by atoms with Gasteiger partial charge in [-0.2, -0.15) is 0 Å². The van der Waals surface area contributed by atoms with E-state index in [9.17, 15) is 4.79 Å². The Labute approximate surface area is 104 Å². The smallest absolute Gasteiger partial charge is 0.326 e. The molecule has 0 amide bonds. The van der Waals surface area contributed by atoms with Crippen molar-refractivity contribution in [2.45, 2.75) is 19.9 Å². The van der Waals surface area contributed by atoms with Crippen LogP contribution in [0.5, 0.6) is 0 Å². The highest BCUT2D eigenvalue weighted by Crippen LogP contribution is 2.16.